The van der Waals surface area contributed by atoms with Crippen LogP contribution in [0.25, 0.3) is 0 Å². The molecule has 0 aliphatic rings. The molecule has 1 rings (SSSR count). The Bertz CT molecular complexity index is 303. The van der Waals surface area contributed by atoms with Crippen molar-refractivity contribution in [3.63, 3.8) is 0 Å². The van der Waals surface area contributed by atoms with Gasteiger partial charge in [0.15, 0.2) is 0 Å². The van der Waals surface area contributed by atoms with Crippen molar-refractivity contribution in [2.24, 2.45) is 0 Å². The standard InChI is InChI=1S/C15H25NO/c1-5-12(3)13-7-9-15(10-8-13)17-11-14(6-2)16-4/h7-10,12,14,16H,5-6,11H2,1-4H3. The first-order chi connectivity index (χ1) is 8.21. The van der Waals surface area contributed by atoms with Gasteiger partial charge in [0, 0.05) is 6.04 Å². The van der Waals surface area contributed by atoms with Crippen molar-refractivity contribution in [1.82, 2.24) is 5.32 Å². The maximum atomic E-state index is 5.76. The normalized spacial score (nSPS) is 14.4. The van der Waals surface area contributed by atoms with Crippen molar-refractivity contribution < 1.29 is 4.74 Å². The largest absolute Gasteiger partial charge is 0.492 e. The lowest BCUT2D eigenvalue weighted by Crippen LogP contribution is -2.30. The van der Waals surface area contributed by atoms with E-state index < -0.39 is 0 Å². The Morgan fingerprint density at radius 1 is 1.12 bits per heavy atom. The Kier molecular flexibility index (Phi) is 6.06. The van der Waals surface area contributed by atoms with Gasteiger partial charge in [0.05, 0.1) is 0 Å². The van der Waals surface area contributed by atoms with Crippen LogP contribution in [0.15, 0.2) is 24.3 Å². The molecule has 2 atom stereocenters. The van der Waals surface area contributed by atoms with Gasteiger partial charge in [-0.1, -0.05) is 32.9 Å². The van der Waals surface area contributed by atoms with Crippen LogP contribution in [0.2, 0.25) is 0 Å². The summed E-state index contributed by atoms with van der Waals surface area (Å²) in [6, 6.07) is 8.92. The van der Waals surface area contributed by atoms with Crippen molar-refractivity contribution in [2.45, 2.75) is 45.6 Å². The van der Waals surface area contributed by atoms with Gasteiger partial charge in [-0.05, 0) is 43.5 Å². The summed E-state index contributed by atoms with van der Waals surface area (Å²) < 4.78 is 5.76. The molecule has 17 heavy (non-hydrogen) atoms. The maximum absolute atomic E-state index is 5.76. The Labute approximate surface area is 105 Å². The minimum Gasteiger partial charge on any atom is -0.492 e. The lowest BCUT2D eigenvalue weighted by molar-refractivity contribution is 0.267. The molecule has 2 unspecified atom stereocenters. The quantitative estimate of drug-likeness (QED) is 0.780. The van der Waals surface area contributed by atoms with E-state index in [1.807, 2.05) is 7.05 Å². The first kappa shape index (κ1) is 14.0. The summed E-state index contributed by atoms with van der Waals surface area (Å²) >= 11 is 0. The second-order valence-electron chi connectivity index (χ2n) is 4.58. The molecule has 0 amide bonds. The van der Waals surface area contributed by atoms with E-state index in [1.54, 1.807) is 0 Å². The van der Waals surface area contributed by atoms with Crippen molar-refractivity contribution in [1.29, 1.82) is 0 Å². The van der Waals surface area contributed by atoms with Crippen LogP contribution in [0.3, 0.4) is 0 Å². The van der Waals surface area contributed by atoms with Gasteiger partial charge in [-0.25, -0.2) is 0 Å². The van der Waals surface area contributed by atoms with E-state index in [9.17, 15) is 0 Å². The molecule has 0 bridgehead atoms. The molecule has 0 saturated carbocycles. The SMILES string of the molecule is CCC(COc1ccc(C(C)CC)cc1)NC. The van der Waals surface area contributed by atoms with Gasteiger partial charge in [-0.2, -0.15) is 0 Å². The van der Waals surface area contributed by atoms with E-state index in [-0.39, 0.29) is 0 Å². The summed E-state index contributed by atoms with van der Waals surface area (Å²) in [5.74, 6) is 1.59. The molecule has 2 heteroatoms. The lowest BCUT2D eigenvalue weighted by Gasteiger charge is -2.15. The Morgan fingerprint density at radius 3 is 2.24 bits per heavy atom. The molecule has 0 aromatic heterocycles. The van der Waals surface area contributed by atoms with Crippen molar-refractivity contribution >= 4 is 0 Å². The fourth-order valence-electron chi connectivity index (χ4n) is 1.73. The first-order valence-corrected chi connectivity index (χ1v) is 6.61. The summed E-state index contributed by atoms with van der Waals surface area (Å²) in [5, 5.41) is 3.24. The Balaban J connectivity index is 2.50. The third-order valence-corrected chi connectivity index (χ3v) is 3.41. The molecule has 1 N–H and O–H groups in total. The first-order valence-electron chi connectivity index (χ1n) is 6.61. The summed E-state index contributed by atoms with van der Waals surface area (Å²) in [6.07, 6.45) is 2.26. The predicted octanol–water partition coefficient (Wildman–Crippen LogP) is 3.58. The number of nitrogens with one attached hydrogen (secondary N) is 1. The highest BCUT2D eigenvalue weighted by molar-refractivity contribution is 5.29. The van der Waals surface area contributed by atoms with Crippen LogP contribution in [0, 0.1) is 0 Å². The average molecular weight is 235 g/mol. The molecule has 0 spiro atoms. The third kappa shape index (κ3) is 4.39. The van der Waals surface area contributed by atoms with E-state index in [0.29, 0.717) is 12.0 Å². The number of rotatable bonds is 7. The molecule has 0 aliphatic carbocycles. The molecule has 0 aliphatic heterocycles. The number of likely N-dealkylation sites (N-methyl/N-ethyl adjacent to an activating group) is 1. The van der Waals surface area contributed by atoms with Gasteiger partial charge in [-0.15, -0.1) is 0 Å². The minimum atomic E-state index is 0.434. The average Bonchev–Trinajstić information content (AvgIpc) is 2.39. The van der Waals surface area contributed by atoms with Gasteiger partial charge in [0.25, 0.3) is 0 Å². The van der Waals surface area contributed by atoms with Gasteiger partial charge in [-0.3, -0.25) is 0 Å². The van der Waals surface area contributed by atoms with Crippen molar-refractivity contribution in [3.8, 4) is 5.75 Å². The van der Waals surface area contributed by atoms with Crippen LogP contribution in [-0.2, 0) is 0 Å². The smallest absolute Gasteiger partial charge is 0.119 e. The Morgan fingerprint density at radius 2 is 1.76 bits per heavy atom. The number of hydrogen-bond acceptors (Lipinski definition) is 2. The van der Waals surface area contributed by atoms with Gasteiger partial charge < -0.3 is 10.1 Å². The highest BCUT2D eigenvalue weighted by atomic mass is 16.5. The zero-order chi connectivity index (χ0) is 12.7. The molecule has 0 saturated heterocycles. The van der Waals surface area contributed by atoms with Crippen LogP contribution >= 0.6 is 0 Å². The summed E-state index contributed by atoms with van der Waals surface area (Å²) in [7, 11) is 1.98. The van der Waals surface area contributed by atoms with Crippen LogP contribution < -0.4 is 10.1 Å². The van der Waals surface area contributed by atoms with E-state index in [2.05, 4.69) is 50.4 Å². The molecule has 1 aromatic rings. The van der Waals surface area contributed by atoms with Crippen LogP contribution in [0.4, 0.5) is 0 Å². The number of ether oxygens (including phenoxy) is 1. The zero-order valence-electron chi connectivity index (χ0n) is 11.5. The van der Waals surface area contributed by atoms with E-state index in [4.69, 9.17) is 4.74 Å². The molecule has 96 valence electrons. The van der Waals surface area contributed by atoms with Crippen molar-refractivity contribution in [3.05, 3.63) is 29.8 Å². The summed E-state index contributed by atoms with van der Waals surface area (Å²) in [5.41, 5.74) is 1.39. The van der Waals surface area contributed by atoms with E-state index >= 15 is 0 Å². The van der Waals surface area contributed by atoms with Crippen molar-refractivity contribution in [2.75, 3.05) is 13.7 Å². The minimum absolute atomic E-state index is 0.434. The monoisotopic (exact) mass is 235 g/mol. The highest BCUT2D eigenvalue weighted by Crippen LogP contribution is 2.21. The van der Waals surface area contributed by atoms with Crippen LogP contribution in [0.5, 0.6) is 5.75 Å². The number of hydrogen-bond donors (Lipinski definition) is 1. The van der Waals surface area contributed by atoms with Crippen LogP contribution in [-0.4, -0.2) is 19.7 Å². The number of benzene rings is 1. The van der Waals surface area contributed by atoms with E-state index in [0.717, 1.165) is 18.8 Å². The summed E-state index contributed by atoms with van der Waals surface area (Å²) in [4.78, 5) is 0. The second kappa shape index (κ2) is 7.33. The highest BCUT2D eigenvalue weighted by Gasteiger charge is 2.05. The van der Waals surface area contributed by atoms with Crippen LogP contribution in [0.1, 0.15) is 45.1 Å². The molecular weight excluding hydrogens is 210 g/mol. The van der Waals surface area contributed by atoms with Gasteiger partial charge in [0.2, 0.25) is 0 Å². The molecule has 2 nitrogen and oxygen atoms in total. The molecule has 1 aromatic carbocycles. The fraction of sp³-hybridized carbons (Fsp3) is 0.600. The zero-order valence-corrected chi connectivity index (χ0v) is 11.5. The molecule has 0 radical (unpaired) electrons. The molecule has 0 heterocycles. The fourth-order valence-corrected chi connectivity index (χ4v) is 1.73. The molecular formula is C15H25NO. The maximum Gasteiger partial charge on any atom is 0.119 e. The summed E-state index contributed by atoms with van der Waals surface area (Å²) in [6.45, 7) is 7.37. The van der Waals surface area contributed by atoms with E-state index in [1.165, 1.54) is 12.0 Å². The topological polar surface area (TPSA) is 21.3 Å². The van der Waals surface area contributed by atoms with Gasteiger partial charge >= 0.3 is 0 Å². The van der Waals surface area contributed by atoms with Gasteiger partial charge in [0.1, 0.15) is 12.4 Å². The Hall–Kier alpha value is -1.02. The molecule has 0 fully saturated rings. The third-order valence-electron chi connectivity index (χ3n) is 3.41. The lowest BCUT2D eigenvalue weighted by atomic mass is 9.99. The predicted molar refractivity (Wildman–Crippen MR) is 73.8 cm³/mol. The second-order valence-corrected chi connectivity index (χ2v) is 4.58.